The third-order valence-electron chi connectivity index (χ3n) is 2.37. The molecule has 2 rings (SSSR count). The Morgan fingerprint density at radius 3 is 2.44 bits per heavy atom. The number of nitrogen functional groups attached to an aromatic ring is 1. The molecule has 94 valence electrons. The second-order valence-electron chi connectivity index (χ2n) is 3.71. The largest absolute Gasteiger partial charge is 0.478 e. The van der Waals surface area contributed by atoms with Gasteiger partial charge in [0, 0.05) is 5.69 Å². The van der Waals surface area contributed by atoms with Crippen molar-refractivity contribution in [3.63, 3.8) is 0 Å². The zero-order valence-corrected chi connectivity index (χ0v) is 10.4. The lowest BCUT2D eigenvalue weighted by Crippen LogP contribution is -2.00. The highest BCUT2D eigenvalue weighted by atomic mass is 16.5. The molecule has 1 aromatic heterocycles. The molecule has 18 heavy (non-hydrogen) atoms. The molecule has 0 aliphatic carbocycles. The molecule has 0 fully saturated rings. The van der Waals surface area contributed by atoms with Crippen molar-refractivity contribution < 1.29 is 9.47 Å². The van der Waals surface area contributed by atoms with Gasteiger partial charge in [0.15, 0.2) is 0 Å². The van der Waals surface area contributed by atoms with Gasteiger partial charge in [-0.15, -0.1) is 0 Å². The van der Waals surface area contributed by atoms with Crippen LogP contribution in [0.2, 0.25) is 0 Å². The Morgan fingerprint density at radius 2 is 1.78 bits per heavy atom. The van der Waals surface area contributed by atoms with Gasteiger partial charge in [0.05, 0.1) is 12.2 Å². The van der Waals surface area contributed by atoms with Crippen LogP contribution in [-0.2, 0) is 0 Å². The van der Waals surface area contributed by atoms with Crippen LogP contribution < -0.4 is 15.2 Å². The van der Waals surface area contributed by atoms with E-state index in [4.69, 9.17) is 15.2 Å². The lowest BCUT2D eigenvalue weighted by molar-refractivity contribution is 0.319. The van der Waals surface area contributed by atoms with Gasteiger partial charge in [-0.1, -0.05) is 0 Å². The van der Waals surface area contributed by atoms with Crippen molar-refractivity contribution >= 4 is 5.69 Å². The minimum atomic E-state index is 0.484. The summed E-state index contributed by atoms with van der Waals surface area (Å²) >= 11 is 0. The minimum Gasteiger partial charge on any atom is -0.478 e. The number of aromatic nitrogens is 2. The summed E-state index contributed by atoms with van der Waals surface area (Å²) in [6, 6.07) is 7.12. The van der Waals surface area contributed by atoms with Crippen molar-refractivity contribution in [2.45, 2.75) is 13.8 Å². The number of hydrogen-bond acceptors (Lipinski definition) is 5. The fraction of sp³-hybridized carbons (Fsp3) is 0.231. The van der Waals surface area contributed by atoms with Gasteiger partial charge in [-0.2, -0.15) is 0 Å². The molecule has 0 amide bonds. The second kappa shape index (κ2) is 5.35. The summed E-state index contributed by atoms with van der Waals surface area (Å²) in [6.45, 7) is 4.32. The number of ether oxygens (including phenoxy) is 2. The normalized spacial score (nSPS) is 10.1. The Kier molecular flexibility index (Phi) is 3.62. The van der Waals surface area contributed by atoms with Crippen LogP contribution in [0.25, 0.3) is 0 Å². The van der Waals surface area contributed by atoms with E-state index in [1.54, 1.807) is 24.3 Å². The van der Waals surface area contributed by atoms with E-state index in [1.807, 2.05) is 13.8 Å². The van der Waals surface area contributed by atoms with Gasteiger partial charge in [-0.3, -0.25) is 0 Å². The van der Waals surface area contributed by atoms with E-state index in [2.05, 4.69) is 9.97 Å². The van der Waals surface area contributed by atoms with Crippen LogP contribution in [0.3, 0.4) is 0 Å². The van der Waals surface area contributed by atoms with Gasteiger partial charge in [0.2, 0.25) is 11.8 Å². The molecule has 0 unspecified atom stereocenters. The summed E-state index contributed by atoms with van der Waals surface area (Å²) in [4.78, 5) is 8.15. The molecule has 2 aromatic rings. The Morgan fingerprint density at radius 1 is 1.11 bits per heavy atom. The number of benzene rings is 1. The summed E-state index contributed by atoms with van der Waals surface area (Å²) in [5.74, 6) is 1.70. The molecule has 0 saturated carbocycles. The van der Waals surface area contributed by atoms with Crippen LogP contribution in [0, 0.1) is 6.92 Å². The number of nitrogens with two attached hydrogens (primary N) is 1. The van der Waals surface area contributed by atoms with E-state index in [9.17, 15) is 0 Å². The molecule has 0 atom stereocenters. The molecule has 2 N–H and O–H groups in total. The maximum Gasteiger partial charge on any atom is 0.229 e. The Bertz CT molecular complexity index is 526. The van der Waals surface area contributed by atoms with E-state index >= 15 is 0 Å². The average Bonchev–Trinajstić information content (AvgIpc) is 2.37. The number of rotatable bonds is 4. The number of nitrogens with zero attached hydrogens (tertiary/aromatic N) is 2. The number of anilines is 1. The zero-order chi connectivity index (χ0) is 13.0. The van der Waals surface area contributed by atoms with Crippen molar-refractivity contribution in [1.82, 2.24) is 9.97 Å². The summed E-state index contributed by atoms with van der Waals surface area (Å²) in [5, 5.41) is 0. The smallest absolute Gasteiger partial charge is 0.229 e. The van der Waals surface area contributed by atoms with E-state index in [0.29, 0.717) is 29.8 Å². The highest BCUT2D eigenvalue weighted by molar-refractivity contribution is 5.43. The SMILES string of the molecule is CCOc1ncnc(Oc2ccc(N)cc2)c1C. The van der Waals surface area contributed by atoms with Crippen molar-refractivity contribution in [3.8, 4) is 17.5 Å². The van der Waals surface area contributed by atoms with Gasteiger partial charge < -0.3 is 15.2 Å². The first-order chi connectivity index (χ1) is 8.70. The Labute approximate surface area is 106 Å². The number of hydrogen-bond donors (Lipinski definition) is 1. The fourth-order valence-electron chi connectivity index (χ4n) is 1.45. The Hall–Kier alpha value is -2.30. The molecule has 5 heteroatoms. The van der Waals surface area contributed by atoms with Gasteiger partial charge in [0.1, 0.15) is 12.1 Å². The zero-order valence-electron chi connectivity index (χ0n) is 10.4. The van der Waals surface area contributed by atoms with Gasteiger partial charge in [-0.25, -0.2) is 9.97 Å². The predicted molar refractivity (Wildman–Crippen MR) is 68.9 cm³/mol. The molecule has 1 heterocycles. The van der Waals surface area contributed by atoms with Crippen molar-refractivity contribution in [2.75, 3.05) is 12.3 Å². The van der Waals surface area contributed by atoms with Crippen LogP contribution in [0.15, 0.2) is 30.6 Å². The third kappa shape index (κ3) is 2.68. The highest BCUT2D eigenvalue weighted by Crippen LogP contribution is 2.27. The lowest BCUT2D eigenvalue weighted by Gasteiger charge is -2.10. The van der Waals surface area contributed by atoms with E-state index in [-0.39, 0.29) is 0 Å². The summed E-state index contributed by atoms with van der Waals surface area (Å²) < 4.78 is 11.0. The van der Waals surface area contributed by atoms with Crippen LogP contribution >= 0.6 is 0 Å². The predicted octanol–water partition coefficient (Wildman–Crippen LogP) is 2.56. The monoisotopic (exact) mass is 245 g/mol. The molecule has 0 bridgehead atoms. The van der Waals surface area contributed by atoms with E-state index < -0.39 is 0 Å². The standard InChI is InChI=1S/C13H15N3O2/c1-3-17-12-9(2)13(16-8-15-12)18-11-6-4-10(14)5-7-11/h4-8H,3,14H2,1-2H3. The van der Waals surface area contributed by atoms with Gasteiger partial charge >= 0.3 is 0 Å². The molecule has 0 spiro atoms. The fourth-order valence-corrected chi connectivity index (χ4v) is 1.45. The van der Waals surface area contributed by atoms with Gasteiger partial charge in [-0.05, 0) is 38.1 Å². The first-order valence-corrected chi connectivity index (χ1v) is 5.68. The van der Waals surface area contributed by atoms with Crippen LogP contribution in [0.5, 0.6) is 17.5 Å². The van der Waals surface area contributed by atoms with Crippen molar-refractivity contribution in [1.29, 1.82) is 0 Å². The minimum absolute atomic E-state index is 0.484. The molecule has 0 saturated heterocycles. The first kappa shape index (κ1) is 12.2. The maximum absolute atomic E-state index is 5.66. The molecule has 5 nitrogen and oxygen atoms in total. The molecule has 0 aliphatic heterocycles. The quantitative estimate of drug-likeness (QED) is 0.838. The third-order valence-corrected chi connectivity index (χ3v) is 2.37. The van der Waals surface area contributed by atoms with Crippen LogP contribution in [-0.4, -0.2) is 16.6 Å². The molecular formula is C13H15N3O2. The second-order valence-corrected chi connectivity index (χ2v) is 3.71. The summed E-state index contributed by atoms with van der Waals surface area (Å²) in [7, 11) is 0. The first-order valence-electron chi connectivity index (χ1n) is 5.68. The highest BCUT2D eigenvalue weighted by Gasteiger charge is 2.09. The van der Waals surface area contributed by atoms with Gasteiger partial charge in [0.25, 0.3) is 0 Å². The molecule has 1 aromatic carbocycles. The van der Waals surface area contributed by atoms with Crippen molar-refractivity contribution in [3.05, 3.63) is 36.2 Å². The lowest BCUT2D eigenvalue weighted by atomic mass is 10.3. The molecule has 0 aliphatic rings. The van der Waals surface area contributed by atoms with E-state index in [0.717, 1.165) is 5.56 Å². The van der Waals surface area contributed by atoms with Crippen LogP contribution in [0.4, 0.5) is 5.69 Å². The summed E-state index contributed by atoms with van der Waals surface area (Å²) in [5.41, 5.74) is 7.08. The van der Waals surface area contributed by atoms with Crippen LogP contribution in [0.1, 0.15) is 12.5 Å². The average molecular weight is 245 g/mol. The maximum atomic E-state index is 5.66. The van der Waals surface area contributed by atoms with E-state index in [1.165, 1.54) is 6.33 Å². The molecule has 0 radical (unpaired) electrons. The topological polar surface area (TPSA) is 70.3 Å². The summed E-state index contributed by atoms with van der Waals surface area (Å²) in [6.07, 6.45) is 1.42. The van der Waals surface area contributed by atoms with Crippen molar-refractivity contribution in [2.24, 2.45) is 0 Å². The Balaban J connectivity index is 2.23. The molecular weight excluding hydrogens is 230 g/mol.